The van der Waals surface area contributed by atoms with Crippen LogP contribution in [0, 0.1) is 6.92 Å². The number of urea groups is 1. The third kappa shape index (κ3) is 4.75. The Morgan fingerprint density at radius 1 is 1.28 bits per heavy atom. The molecular weight excluding hydrogens is 342 g/mol. The van der Waals surface area contributed by atoms with Gasteiger partial charge in [-0.25, -0.2) is 14.8 Å². The highest BCUT2D eigenvalue weighted by molar-refractivity contribution is 6.31. The Kier molecular flexibility index (Phi) is 6.87. The second-order valence-electron chi connectivity index (χ2n) is 6.12. The van der Waals surface area contributed by atoms with Crippen molar-refractivity contribution in [3.8, 4) is 0 Å². The van der Waals surface area contributed by atoms with E-state index >= 15 is 0 Å². The monoisotopic (exact) mass is 367 g/mol. The first-order valence-electron chi connectivity index (χ1n) is 8.69. The van der Waals surface area contributed by atoms with Crippen LogP contribution in [0.2, 0.25) is 5.15 Å². The van der Waals surface area contributed by atoms with Crippen molar-refractivity contribution in [2.24, 2.45) is 7.05 Å². The molecule has 1 aliphatic heterocycles. The molecule has 0 spiro atoms. The van der Waals surface area contributed by atoms with Gasteiger partial charge in [0.15, 0.2) is 0 Å². The van der Waals surface area contributed by atoms with Crippen LogP contribution in [-0.4, -0.2) is 51.4 Å². The maximum atomic E-state index is 12.5. The Morgan fingerprint density at radius 2 is 2.00 bits per heavy atom. The minimum atomic E-state index is -0.236. The fourth-order valence-electron chi connectivity index (χ4n) is 2.79. The van der Waals surface area contributed by atoms with E-state index in [9.17, 15) is 9.59 Å². The molecule has 2 heterocycles. The van der Waals surface area contributed by atoms with E-state index in [1.54, 1.807) is 17.8 Å². The molecule has 8 heteroatoms. The summed E-state index contributed by atoms with van der Waals surface area (Å²) in [5.41, 5.74) is 1.47. The molecule has 1 N–H and O–H groups in total. The average molecular weight is 368 g/mol. The van der Waals surface area contributed by atoms with Crippen molar-refractivity contribution in [3.63, 3.8) is 0 Å². The van der Waals surface area contributed by atoms with Crippen LogP contribution >= 0.6 is 11.6 Å². The van der Waals surface area contributed by atoms with E-state index in [1.165, 1.54) is 16.1 Å². The van der Waals surface area contributed by atoms with Gasteiger partial charge >= 0.3 is 6.03 Å². The summed E-state index contributed by atoms with van der Waals surface area (Å²) in [5, 5.41) is 10.5. The summed E-state index contributed by atoms with van der Waals surface area (Å²) in [5.74, 6) is -0.236. The van der Waals surface area contributed by atoms with Gasteiger partial charge in [0.05, 0.1) is 5.69 Å². The highest BCUT2D eigenvalue weighted by Crippen LogP contribution is 2.20. The minimum absolute atomic E-state index is 0.217. The van der Waals surface area contributed by atoms with Crippen molar-refractivity contribution < 1.29 is 9.59 Å². The van der Waals surface area contributed by atoms with Crippen LogP contribution in [-0.2, 0) is 11.8 Å². The van der Waals surface area contributed by atoms with Gasteiger partial charge in [-0.2, -0.15) is 5.10 Å². The van der Waals surface area contributed by atoms with Gasteiger partial charge in [0.25, 0.3) is 5.91 Å². The van der Waals surface area contributed by atoms with Crippen LogP contribution in [0.3, 0.4) is 0 Å². The number of aryl methyl sites for hydroxylation is 2. The van der Waals surface area contributed by atoms with E-state index in [-0.39, 0.29) is 11.9 Å². The molecule has 0 aliphatic carbocycles. The molecule has 25 heavy (non-hydrogen) atoms. The summed E-state index contributed by atoms with van der Waals surface area (Å²) in [4.78, 5) is 24.8. The van der Waals surface area contributed by atoms with Crippen LogP contribution < -0.4 is 5.32 Å². The molecular formula is C17H26ClN5O2. The molecule has 0 radical (unpaired) electrons. The van der Waals surface area contributed by atoms with Crippen LogP contribution in [0.1, 0.15) is 43.9 Å². The number of hydrogen-bond donors (Lipinski definition) is 1. The first kappa shape index (κ1) is 19.3. The van der Waals surface area contributed by atoms with Crippen molar-refractivity contribution in [2.75, 3.05) is 19.6 Å². The van der Waals surface area contributed by atoms with Crippen LogP contribution in [0.5, 0.6) is 0 Å². The highest BCUT2D eigenvalue weighted by Gasteiger charge is 2.29. The molecule has 0 unspecified atom stereocenters. The maximum absolute atomic E-state index is 12.5. The summed E-state index contributed by atoms with van der Waals surface area (Å²) >= 11 is 6.17. The summed E-state index contributed by atoms with van der Waals surface area (Å²) in [7, 11) is 1.75. The van der Waals surface area contributed by atoms with E-state index in [0.717, 1.165) is 31.4 Å². The summed E-state index contributed by atoms with van der Waals surface area (Å²) in [6, 6.07) is -0.217. The van der Waals surface area contributed by atoms with Gasteiger partial charge in [-0.05, 0) is 25.8 Å². The predicted octanol–water partition coefficient (Wildman–Crippen LogP) is 2.74. The lowest BCUT2D eigenvalue weighted by Crippen LogP contribution is -2.48. The van der Waals surface area contributed by atoms with Gasteiger partial charge in [-0.3, -0.25) is 9.48 Å². The second-order valence-corrected chi connectivity index (χ2v) is 6.48. The van der Waals surface area contributed by atoms with Crippen molar-refractivity contribution in [2.45, 2.75) is 39.5 Å². The molecule has 1 aromatic heterocycles. The van der Waals surface area contributed by atoms with Crippen LogP contribution in [0.4, 0.5) is 4.79 Å². The van der Waals surface area contributed by atoms with Crippen molar-refractivity contribution in [1.82, 2.24) is 25.1 Å². The highest BCUT2D eigenvalue weighted by atomic mass is 35.5. The molecule has 0 aromatic carbocycles. The van der Waals surface area contributed by atoms with E-state index in [4.69, 9.17) is 11.6 Å². The van der Waals surface area contributed by atoms with Gasteiger partial charge in [0, 0.05) is 38.3 Å². The Labute approximate surface area is 153 Å². The zero-order chi connectivity index (χ0) is 18.4. The zero-order valence-corrected chi connectivity index (χ0v) is 15.8. The summed E-state index contributed by atoms with van der Waals surface area (Å²) in [6.45, 7) is 5.66. The SMILES string of the molecule is CCCCCNC(=O)N1CCCN1C(=O)C=Cc1c(C)nn(C)c1Cl. The molecule has 0 saturated carbocycles. The van der Waals surface area contributed by atoms with Crippen LogP contribution in [0.15, 0.2) is 6.08 Å². The lowest BCUT2D eigenvalue weighted by molar-refractivity contribution is -0.134. The minimum Gasteiger partial charge on any atom is -0.337 e. The topological polar surface area (TPSA) is 70.5 Å². The van der Waals surface area contributed by atoms with Gasteiger partial charge < -0.3 is 5.32 Å². The first-order valence-corrected chi connectivity index (χ1v) is 9.07. The van der Waals surface area contributed by atoms with Gasteiger partial charge in [-0.1, -0.05) is 31.4 Å². The molecule has 1 aliphatic rings. The first-order chi connectivity index (χ1) is 12.0. The number of nitrogens with zero attached hydrogens (tertiary/aromatic N) is 4. The standard InChI is InChI=1S/C17H26ClN5O2/c1-4-5-6-10-19-17(25)23-12-7-11-22(23)15(24)9-8-14-13(2)20-21(3)16(14)18/h8-9H,4-7,10-12H2,1-3H3,(H,19,25). The van der Waals surface area contributed by atoms with E-state index in [0.29, 0.717) is 30.4 Å². The third-order valence-electron chi connectivity index (χ3n) is 4.17. The van der Waals surface area contributed by atoms with Crippen molar-refractivity contribution >= 4 is 29.6 Å². The number of halogens is 1. The van der Waals surface area contributed by atoms with Gasteiger partial charge in [0.1, 0.15) is 5.15 Å². The molecule has 138 valence electrons. The number of aromatic nitrogens is 2. The van der Waals surface area contributed by atoms with Crippen molar-refractivity contribution in [1.29, 1.82) is 0 Å². The number of carbonyl (C=O) groups is 2. The Balaban J connectivity index is 1.97. The number of unbranched alkanes of at least 4 members (excludes halogenated alkanes) is 2. The number of rotatable bonds is 6. The van der Waals surface area contributed by atoms with Crippen molar-refractivity contribution in [3.05, 3.63) is 22.5 Å². The number of carbonyl (C=O) groups excluding carboxylic acids is 2. The summed E-state index contributed by atoms with van der Waals surface area (Å²) in [6.07, 6.45) is 7.00. The predicted molar refractivity (Wildman–Crippen MR) is 97.9 cm³/mol. The van der Waals surface area contributed by atoms with E-state index in [1.807, 2.05) is 6.92 Å². The lowest BCUT2D eigenvalue weighted by Gasteiger charge is -2.27. The second kappa shape index (κ2) is 8.89. The van der Waals surface area contributed by atoms with Crippen LogP contribution in [0.25, 0.3) is 6.08 Å². The fraction of sp³-hybridized carbons (Fsp3) is 0.588. The Hall–Kier alpha value is -2.02. The number of amides is 3. The van der Waals surface area contributed by atoms with E-state index < -0.39 is 0 Å². The fourth-order valence-corrected chi connectivity index (χ4v) is 3.03. The normalized spacial score (nSPS) is 14.6. The third-order valence-corrected chi connectivity index (χ3v) is 4.61. The van der Waals surface area contributed by atoms with Gasteiger partial charge in [0.2, 0.25) is 0 Å². The molecule has 1 saturated heterocycles. The van der Waals surface area contributed by atoms with E-state index in [2.05, 4.69) is 17.3 Å². The number of nitrogens with one attached hydrogen (secondary N) is 1. The lowest BCUT2D eigenvalue weighted by atomic mass is 10.2. The Bertz CT molecular complexity index is 656. The molecule has 7 nitrogen and oxygen atoms in total. The molecule has 1 fully saturated rings. The maximum Gasteiger partial charge on any atom is 0.336 e. The molecule has 3 amide bonds. The molecule has 0 atom stereocenters. The smallest absolute Gasteiger partial charge is 0.336 e. The van der Waals surface area contributed by atoms with Gasteiger partial charge in [-0.15, -0.1) is 0 Å². The molecule has 2 rings (SSSR count). The molecule has 1 aromatic rings. The number of hydrazine groups is 1. The zero-order valence-electron chi connectivity index (χ0n) is 15.1. The quantitative estimate of drug-likeness (QED) is 0.620. The number of hydrogen-bond acceptors (Lipinski definition) is 3. The average Bonchev–Trinajstić information content (AvgIpc) is 3.16. The largest absolute Gasteiger partial charge is 0.337 e. The molecule has 0 bridgehead atoms. The summed E-state index contributed by atoms with van der Waals surface area (Å²) < 4.78 is 1.56. The Morgan fingerprint density at radius 3 is 2.64 bits per heavy atom.